The minimum atomic E-state index is -0.885. The SMILES string of the molecule is C.CC(C)(C)OC(=O)N1CCC(c2cc(C(=O)O)cs2)CC1.O=C(c1csc(C2CCNCC2)c1)N1CCCCC1c1ccccc1.c1ccc(C2CCCCN2)cc1. The Morgan fingerprint density at radius 1 is 0.695 bits per heavy atom. The summed E-state index contributed by atoms with van der Waals surface area (Å²) in [6.45, 7) is 11.1. The highest BCUT2D eigenvalue weighted by molar-refractivity contribution is 7.10. The first-order chi connectivity index (χ1) is 28.1. The molecular weight excluding hydrogens is 777 g/mol. The van der Waals surface area contributed by atoms with E-state index in [4.69, 9.17) is 9.84 Å². The number of carboxylic acid groups (broad SMARTS) is 1. The second-order valence-electron chi connectivity index (χ2n) is 16.9. The first-order valence-electron chi connectivity index (χ1n) is 21.3. The Bertz CT molecular complexity index is 1870. The molecule has 0 aliphatic carbocycles. The smallest absolute Gasteiger partial charge is 0.410 e. The Labute approximate surface area is 360 Å². The van der Waals surface area contributed by atoms with Crippen molar-refractivity contribution in [2.24, 2.45) is 0 Å². The molecule has 0 spiro atoms. The predicted molar refractivity (Wildman–Crippen MR) is 242 cm³/mol. The van der Waals surface area contributed by atoms with Crippen LogP contribution in [0.2, 0.25) is 0 Å². The zero-order valence-corrected chi connectivity index (χ0v) is 36.1. The number of amides is 2. The molecule has 0 bridgehead atoms. The molecular formula is C48H66N4O5S2. The summed E-state index contributed by atoms with van der Waals surface area (Å²) >= 11 is 3.26. The normalized spacial score (nSPS) is 20.2. The Morgan fingerprint density at radius 3 is 1.85 bits per heavy atom. The molecule has 4 saturated heterocycles. The number of ether oxygens (including phenoxy) is 1. The van der Waals surface area contributed by atoms with Crippen molar-refractivity contribution in [1.29, 1.82) is 0 Å². The van der Waals surface area contributed by atoms with Gasteiger partial charge in [0, 0.05) is 46.2 Å². The minimum Gasteiger partial charge on any atom is -0.478 e. The van der Waals surface area contributed by atoms with E-state index in [0.29, 0.717) is 36.5 Å². The van der Waals surface area contributed by atoms with Crippen molar-refractivity contribution in [2.75, 3.05) is 39.3 Å². The molecule has 320 valence electrons. The van der Waals surface area contributed by atoms with Crippen LogP contribution < -0.4 is 10.6 Å². The number of hydrogen-bond acceptors (Lipinski definition) is 8. The van der Waals surface area contributed by atoms with Crippen molar-refractivity contribution in [2.45, 2.75) is 122 Å². The molecule has 2 aromatic heterocycles. The summed E-state index contributed by atoms with van der Waals surface area (Å²) in [5.74, 6) is 0.287. The summed E-state index contributed by atoms with van der Waals surface area (Å²) in [6, 6.07) is 26.0. The maximum absolute atomic E-state index is 13.2. The topological polar surface area (TPSA) is 111 Å². The quantitative estimate of drug-likeness (QED) is 0.177. The minimum absolute atomic E-state index is 0. The molecule has 2 unspecified atom stereocenters. The fourth-order valence-electron chi connectivity index (χ4n) is 8.32. The van der Waals surface area contributed by atoms with Gasteiger partial charge in [-0.1, -0.05) is 74.5 Å². The number of nitrogens with zero attached hydrogens (tertiary/aromatic N) is 2. The molecule has 4 aliphatic rings. The number of thiophene rings is 2. The molecule has 0 saturated carbocycles. The van der Waals surface area contributed by atoms with E-state index >= 15 is 0 Å². The summed E-state index contributed by atoms with van der Waals surface area (Å²) in [5, 5.41) is 19.7. The molecule has 8 rings (SSSR count). The van der Waals surface area contributed by atoms with E-state index in [9.17, 15) is 14.4 Å². The third-order valence-corrected chi connectivity index (χ3v) is 13.7. The summed E-state index contributed by atoms with van der Waals surface area (Å²) in [5.41, 5.74) is 3.48. The molecule has 59 heavy (non-hydrogen) atoms. The highest BCUT2D eigenvalue weighted by Gasteiger charge is 2.31. The highest BCUT2D eigenvalue weighted by Crippen LogP contribution is 2.36. The van der Waals surface area contributed by atoms with Crippen LogP contribution in [0, 0.1) is 0 Å². The summed E-state index contributed by atoms with van der Waals surface area (Å²) in [6.07, 6.45) is 11.2. The van der Waals surface area contributed by atoms with E-state index in [2.05, 4.69) is 81.6 Å². The second-order valence-corrected chi connectivity index (χ2v) is 18.8. The molecule has 4 fully saturated rings. The number of piperidine rings is 4. The fraction of sp³-hybridized carbons (Fsp3) is 0.521. The lowest BCUT2D eigenvalue weighted by molar-refractivity contribution is 0.0205. The fourth-order valence-corrected chi connectivity index (χ4v) is 10.4. The number of aromatic carboxylic acids is 1. The van der Waals surface area contributed by atoms with Crippen LogP contribution in [0.4, 0.5) is 4.79 Å². The standard InChI is InChI=1S/C21H26N2OS.C15H21NO4S.C11H15N.CH4/c24-21(18-14-20(25-15-18)17-9-11-22-12-10-17)23-13-5-4-8-19(23)16-6-2-1-3-7-16;1-15(2,3)20-14(19)16-6-4-10(5-7-16)12-8-11(9-21-12)13(17)18;1-2-6-10(7-3-1)11-8-4-5-9-12-11;/h1-3,6-7,14-15,17,19,22H,4-5,8-13H2;8-10H,4-7H2,1-3H3,(H,17,18);1-3,6-7,11-12H,4-5,8-9H2;1H4. The molecule has 2 aromatic carbocycles. The number of likely N-dealkylation sites (tertiary alicyclic amines) is 2. The van der Waals surface area contributed by atoms with Gasteiger partial charge in [0.15, 0.2) is 0 Å². The van der Waals surface area contributed by atoms with Gasteiger partial charge in [-0.3, -0.25) is 4.79 Å². The summed E-state index contributed by atoms with van der Waals surface area (Å²) < 4.78 is 5.37. The Morgan fingerprint density at radius 2 is 1.27 bits per heavy atom. The molecule has 2 atom stereocenters. The first kappa shape index (κ1) is 46.0. The maximum Gasteiger partial charge on any atom is 0.410 e. The predicted octanol–water partition coefficient (Wildman–Crippen LogP) is 11.3. The number of hydrogen-bond donors (Lipinski definition) is 3. The van der Waals surface area contributed by atoms with Gasteiger partial charge < -0.3 is 30.3 Å². The van der Waals surface area contributed by atoms with Crippen molar-refractivity contribution in [3.8, 4) is 0 Å². The Balaban J connectivity index is 0.000000176. The van der Waals surface area contributed by atoms with Crippen LogP contribution in [0.25, 0.3) is 0 Å². The molecule has 6 heterocycles. The molecule has 3 N–H and O–H groups in total. The average molecular weight is 843 g/mol. The van der Waals surface area contributed by atoms with Crippen LogP contribution in [0.5, 0.6) is 0 Å². The zero-order valence-electron chi connectivity index (χ0n) is 34.5. The van der Waals surface area contributed by atoms with Gasteiger partial charge in [0.2, 0.25) is 0 Å². The van der Waals surface area contributed by atoms with E-state index in [1.54, 1.807) is 27.7 Å². The van der Waals surface area contributed by atoms with Gasteiger partial charge in [-0.05, 0) is 133 Å². The highest BCUT2D eigenvalue weighted by atomic mass is 32.1. The van der Waals surface area contributed by atoms with Crippen LogP contribution in [0.3, 0.4) is 0 Å². The van der Waals surface area contributed by atoms with Crippen LogP contribution in [-0.2, 0) is 4.74 Å². The molecule has 9 nitrogen and oxygen atoms in total. The van der Waals surface area contributed by atoms with Crippen LogP contribution in [-0.4, -0.2) is 77.7 Å². The van der Waals surface area contributed by atoms with Gasteiger partial charge in [0.05, 0.1) is 17.2 Å². The van der Waals surface area contributed by atoms with Gasteiger partial charge in [-0.25, -0.2) is 9.59 Å². The molecule has 0 radical (unpaired) electrons. The monoisotopic (exact) mass is 842 g/mol. The van der Waals surface area contributed by atoms with Crippen molar-refractivity contribution in [3.63, 3.8) is 0 Å². The third-order valence-electron chi connectivity index (χ3n) is 11.5. The van der Waals surface area contributed by atoms with E-state index in [1.165, 1.54) is 72.4 Å². The van der Waals surface area contributed by atoms with Crippen molar-refractivity contribution >= 4 is 40.6 Å². The zero-order chi connectivity index (χ0) is 40.9. The number of carbonyl (C=O) groups excluding carboxylic acids is 2. The molecule has 4 aromatic rings. The number of carboxylic acids is 1. The van der Waals surface area contributed by atoms with E-state index < -0.39 is 11.6 Å². The molecule has 4 aliphatic heterocycles. The van der Waals surface area contributed by atoms with Crippen molar-refractivity contribution in [3.05, 3.63) is 116 Å². The number of rotatable bonds is 6. The van der Waals surface area contributed by atoms with Gasteiger partial charge in [0.25, 0.3) is 5.91 Å². The van der Waals surface area contributed by atoms with Gasteiger partial charge in [-0.15, -0.1) is 22.7 Å². The largest absolute Gasteiger partial charge is 0.478 e. The summed E-state index contributed by atoms with van der Waals surface area (Å²) in [4.78, 5) is 42.4. The third kappa shape index (κ3) is 13.5. The lowest BCUT2D eigenvalue weighted by Crippen LogP contribution is -2.41. The Hall–Kier alpha value is -4.03. The van der Waals surface area contributed by atoms with Gasteiger partial charge in [-0.2, -0.15) is 0 Å². The Kier molecular flexibility index (Phi) is 17.6. The average Bonchev–Trinajstić information content (AvgIpc) is 3.97. The van der Waals surface area contributed by atoms with Gasteiger partial charge >= 0.3 is 12.1 Å². The molecule has 2 amide bonds. The maximum atomic E-state index is 13.2. The second kappa shape index (κ2) is 22.5. The van der Waals surface area contributed by atoms with Crippen molar-refractivity contribution < 1.29 is 24.2 Å². The lowest BCUT2D eigenvalue weighted by Gasteiger charge is -2.36. The number of nitrogens with one attached hydrogen (secondary N) is 2. The summed E-state index contributed by atoms with van der Waals surface area (Å²) in [7, 11) is 0. The van der Waals surface area contributed by atoms with Crippen LogP contribution in [0.1, 0.15) is 158 Å². The number of carbonyl (C=O) groups is 3. The first-order valence-corrected chi connectivity index (χ1v) is 23.0. The van der Waals surface area contributed by atoms with Gasteiger partial charge in [0.1, 0.15) is 5.60 Å². The number of benzene rings is 2. The lowest BCUT2D eigenvalue weighted by atomic mass is 9.94. The van der Waals surface area contributed by atoms with E-state index in [-0.39, 0.29) is 25.5 Å². The van der Waals surface area contributed by atoms with E-state index in [0.717, 1.165) is 55.8 Å². The van der Waals surface area contributed by atoms with Crippen molar-refractivity contribution in [1.82, 2.24) is 20.4 Å². The van der Waals surface area contributed by atoms with Crippen LogP contribution in [0.15, 0.2) is 83.6 Å². The van der Waals surface area contributed by atoms with Crippen LogP contribution >= 0.6 is 22.7 Å². The molecule has 11 heteroatoms. The van der Waals surface area contributed by atoms with E-state index in [1.807, 2.05) is 26.8 Å².